The molecule has 1 aliphatic heterocycles. The summed E-state index contributed by atoms with van der Waals surface area (Å²) in [6.07, 6.45) is 1.44. The molecule has 5 heteroatoms. The number of likely N-dealkylation sites (tertiary alicyclic amines) is 1. The number of amides is 1. The SMILES string of the molecule is Cc1ccc(NC(N)=NCC2CC(=O)N(CCc3ccccc3)C2)cc1C. The molecule has 0 saturated carbocycles. The van der Waals surface area contributed by atoms with E-state index in [4.69, 9.17) is 5.73 Å². The Kier molecular flexibility index (Phi) is 6.12. The Morgan fingerprint density at radius 1 is 1.19 bits per heavy atom. The molecule has 1 atom stereocenters. The Bertz CT molecular complexity index is 816. The molecule has 0 aliphatic carbocycles. The van der Waals surface area contributed by atoms with Crippen molar-refractivity contribution in [3.05, 3.63) is 65.2 Å². The summed E-state index contributed by atoms with van der Waals surface area (Å²) < 4.78 is 0. The van der Waals surface area contributed by atoms with Gasteiger partial charge in [-0.2, -0.15) is 0 Å². The van der Waals surface area contributed by atoms with Crippen molar-refractivity contribution in [1.82, 2.24) is 4.90 Å². The second kappa shape index (κ2) is 8.71. The van der Waals surface area contributed by atoms with E-state index in [0.29, 0.717) is 18.9 Å². The number of nitrogens with one attached hydrogen (secondary N) is 1. The summed E-state index contributed by atoms with van der Waals surface area (Å²) in [6, 6.07) is 16.4. The summed E-state index contributed by atoms with van der Waals surface area (Å²) in [5.41, 5.74) is 10.7. The minimum Gasteiger partial charge on any atom is -0.370 e. The molecular weight excluding hydrogens is 336 g/mol. The maximum atomic E-state index is 12.2. The lowest BCUT2D eigenvalue weighted by molar-refractivity contribution is -0.127. The van der Waals surface area contributed by atoms with Crippen molar-refractivity contribution in [2.75, 3.05) is 25.0 Å². The van der Waals surface area contributed by atoms with Gasteiger partial charge < -0.3 is 16.0 Å². The van der Waals surface area contributed by atoms with Crippen LogP contribution in [0.4, 0.5) is 5.69 Å². The highest BCUT2D eigenvalue weighted by Crippen LogP contribution is 2.19. The Morgan fingerprint density at radius 2 is 1.96 bits per heavy atom. The highest BCUT2D eigenvalue weighted by atomic mass is 16.2. The number of anilines is 1. The van der Waals surface area contributed by atoms with Gasteiger partial charge in [-0.3, -0.25) is 9.79 Å². The highest BCUT2D eigenvalue weighted by Gasteiger charge is 2.28. The molecule has 1 heterocycles. The van der Waals surface area contributed by atoms with Gasteiger partial charge in [0, 0.05) is 37.7 Å². The number of nitrogens with zero attached hydrogens (tertiary/aromatic N) is 2. The maximum Gasteiger partial charge on any atom is 0.223 e. The van der Waals surface area contributed by atoms with Crippen molar-refractivity contribution in [2.45, 2.75) is 26.7 Å². The lowest BCUT2D eigenvalue weighted by atomic mass is 10.1. The summed E-state index contributed by atoms with van der Waals surface area (Å²) in [7, 11) is 0. The van der Waals surface area contributed by atoms with Crippen LogP contribution >= 0.6 is 0 Å². The smallest absolute Gasteiger partial charge is 0.223 e. The van der Waals surface area contributed by atoms with Crippen LogP contribution in [0.5, 0.6) is 0 Å². The van der Waals surface area contributed by atoms with Crippen LogP contribution in [0.3, 0.4) is 0 Å². The minimum absolute atomic E-state index is 0.215. The van der Waals surface area contributed by atoms with E-state index < -0.39 is 0 Å². The van der Waals surface area contributed by atoms with Gasteiger partial charge in [0.2, 0.25) is 5.91 Å². The molecule has 3 N–H and O–H groups in total. The van der Waals surface area contributed by atoms with Gasteiger partial charge in [-0.05, 0) is 49.1 Å². The molecule has 1 amide bonds. The lowest BCUT2D eigenvalue weighted by Gasteiger charge is -2.16. The Balaban J connectivity index is 1.48. The first kappa shape index (κ1) is 19.0. The quantitative estimate of drug-likeness (QED) is 0.611. The van der Waals surface area contributed by atoms with Gasteiger partial charge in [-0.1, -0.05) is 36.4 Å². The third-order valence-corrected chi connectivity index (χ3v) is 5.11. The zero-order chi connectivity index (χ0) is 19.2. The van der Waals surface area contributed by atoms with Gasteiger partial charge in [0.1, 0.15) is 0 Å². The van der Waals surface area contributed by atoms with Crippen LogP contribution in [-0.4, -0.2) is 36.4 Å². The number of aryl methyl sites for hydroxylation is 2. The van der Waals surface area contributed by atoms with E-state index in [-0.39, 0.29) is 11.8 Å². The van der Waals surface area contributed by atoms with Gasteiger partial charge in [-0.15, -0.1) is 0 Å². The van der Waals surface area contributed by atoms with E-state index in [0.717, 1.165) is 25.2 Å². The van der Waals surface area contributed by atoms with Crippen molar-refractivity contribution in [3.8, 4) is 0 Å². The van der Waals surface area contributed by atoms with E-state index in [9.17, 15) is 4.79 Å². The first-order chi connectivity index (χ1) is 13.0. The number of guanidine groups is 1. The predicted molar refractivity (Wildman–Crippen MR) is 111 cm³/mol. The van der Waals surface area contributed by atoms with Gasteiger partial charge in [0.25, 0.3) is 0 Å². The second-order valence-electron chi connectivity index (χ2n) is 7.30. The fourth-order valence-electron chi connectivity index (χ4n) is 3.34. The summed E-state index contributed by atoms with van der Waals surface area (Å²) in [6.45, 7) is 6.24. The molecule has 0 bridgehead atoms. The molecule has 3 rings (SSSR count). The normalized spacial score (nSPS) is 17.4. The van der Waals surface area contributed by atoms with E-state index >= 15 is 0 Å². The summed E-state index contributed by atoms with van der Waals surface area (Å²) in [5, 5.41) is 3.13. The molecular formula is C22H28N4O. The zero-order valence-corrected chi connectivity index (χ0v) is 16.1. The average molecular weight is 364 g/mol. The molecule has 0 radical (unpaired) electrons. The predicted octanol–water partition coefficient (Wildman–Crippen LogP) is 3.12. The van der Waals surface area contributed by atoms with Crippen LogP contribution < -0.4 is 11.1 Å². The Morgan fingerprint density at radius 3 is 2.70 bits per heavy atom. The second-order valence-corrected chi connectivity index (χ2v) is 7.30. The fourth-order valence-corrected chi connectivity index (χ4v) is 3.34. The Labute approximate surface area is 161 Å². The average Bonchev–Trinajstić information content (AvgIpc) is 3.02. The fraction of sp³-hybridized carbons (Fsp3) is 0.364. The molecule has 27 heavy (non-hydrogen) atoms. The van der Waals surface area contributed by atoms with Crippen LogP contribution in [0.2, 0.25) is 0 Å². The molecule has 0 spiro atoms. The van der Waals surface area contributed by atoms with E-state index in [1.165, 1.54) is 16.7 Å². The number of aliphatic imine (C=N–C) groups is 1. The summed E-state index contributed by atoms with van der Waals surface area (Å²) >= 11 is 0. The van der Waals surface area contributed by atoms with Gasteiger partial charge >= 0.3 is 0 Å². The molecule has 0 aromatic heterocycles. The van der Waals surface area contributed by atoms with Crippen molar-refractivity contribution < 1.29 is 4.79 Å². The number of hydrogen-bond acceptors (Lipinski definition) is 2. The standard InChI is InChI=1S/C22H28N4O/c1-16-8-9-20(12-17(16)2)25-22(23)24-14-19-13-21(27)26(15-19)11-10-18-6-4-3-5-7-18/h3-9,12,19H,10-11,13-15H2,1-2H3,(H3,23,24,25). The third-order valence-electron chi connectivity index (χ3n) is 5.11. The van der Waals surface area contributed by atoms with Gasteiger partial charge in [0.05, 0.1) is 0 Å². The van der Waals surface area contributed by atoms with Crippen molar-refractivity contribution in [1.29, 1.82) is 0 Å². The van der Waals surface area contributed by atoms with E-state index in [1.54, 1.807) is 0 Å². The molecule has 1 saturated heterocycles. The van der Waals surface area contributed by atoms with E-state index in [2.05, 4.69) is 48.4 Å². The highest BCUT2D eigenvalue weighted by molar-refractivity contribution is 5.92. The first-order valence-electron chi connectivity index (χ1n) is 9.47. The van der Waals surface area contributed by atoms with Gasteiger partial charge in [-0.25, -0.2) is 0 Å². The lowest BCUT2D eigenvalue weighted by Crippen LogP contribution is -2.28. The van der Waals surface area contributed by atoms with Crippen LogP contribution in [0.25, 0.3) is 0 Å². The molecule has 1 unspecified atom stereocenters. The van der Waals surface area contributed by atoms with Crippen LogP contribution in [-0.2, 0) is 11.2 Å². The Hall–Kier alpha value is -2.82. The zero-order valence-electron chi connectivity index (χ0n) is 16.1. The number of carbonyl (C=O) groups is 1. The third kappa shape index (κ3) is 5.33. The number of hydrogen-bond donors (Lipinski definition) is 2. The maximum absolute atomic E-state index is 12.2. The number of benzene rings is 2. The van der Waals surface area contributed by atoms with Crippen molar-refractivity contribution >= 4 is 17.6 Å². The number of carbonyl (C=O) groups excluding carboxylic acids is 1. The topological polar surface area (TPSA) is 70.7 Å². The number of nitrogens with two attached hydrogens (primary N) is 1. The van der Waals surface area contributed by atoms with Crippen molar-refractivity contribution in [3.63, 3.8) is 0 Å². The van der Waals surface area contributed by atoms with Crippen LogP contribution in [0.15, 0.2) is 53.5 Å². The summed E-state index contributed by atoms with van der Waals surface area (Å²) in [5.74, 6) is 0.841. The molecule has 2 aromatic carbocycles. The molecule has 5 nitrogen and oxygen atoms in total. The van der Waals surface area contributed by atoms with Crippen LogP contribution in [0, 0.1) is 19.8 Å². The molecule has 1 aliphatic rings. The van der Waals surface area contributed by atoms with Crippen LogP contribution in [0.1, 0.15) is 23.1 Å². The molecule has 2 aromatic rings. The molecule has 1 fully saturated rings. The summed E-state index contributed by atoms with van der Waals surface area (Å²) in [4.78, 5) is 18.6. The monoisotopic (exact) mass is 364 g/mol. The van der Waals surface area contributed by atoms with Crippen molar-refractivity contribution in [2.24, 2.45) is 16.6 Å². The first-order valence-corrected chi connectivity index (χ1v) is 9.47. The van der Waals surface area contributed by atoms with Gasteiger partial charge in [0.15, 0.2) is 5.96 Å². The van der Waals surface area contributed by atoms with E-state index in [1.807, 2.05) is 29.2 Å². The number of rotatable bonds is 6. The largest absolute Gasteiger partial charge is 0.370 e. The molecule has 142 valence electrons. The minimum atomic E-state index is 0.215.